The zero-order valence-corrected chi connectivity index (χ0v) is 12.0. The lowest BCUT2D eigenvalue weighted by Crippen LogP contribution is -2.02. The number of aryl methyl sites for hydroxylation is 2. The molecule has 1 aromatic carbocycles. The fourth-order valence-electron chi connectivity index (χ4n) is 2.43. The molecule has 0 saturated heterocycles. The van der Waals surface area contributed by atoms with E-state index in [4.69, 9.17) is 4.42 Å². The van der Waals surface area contributed by atoms with Gasteiger partial charge in [-0.2, -0.15) is 0 Å². The lowest BCUT2D eigenvalue weighted by Gasteiger charge is -2.07. The van der Waals surface area contributed by atoms with Crippen molar-refractivity contribution in [3.63, 3.8) is 0 Å². The number of furan rings is 1. The van der Waals surface area contributed by atoms with E-state index in [0.717, 1.165) is 42.5 Å². The summed E-state index contributed by atoms with van der Waals surface area (Å²) < 4.78 is 5.87. The molecule has 104 valence electrons. The molecule has 0 atom stereocenters. The average Bonchev–Trinajstić information content (AvgIpc) is 2.79. The van der Waals surface area contributed by atoms with E-state index in [2.05, 4.69) is 38.2 Å². The number of anilines is 1. The third-order valence-electron chi connectivity index (χ3n) is 3.56. The third kappa shape index (κ3) is 2.61. The highest BCUT2D eigenvalue weighted by molar-refractivity contribution is 5.96. The Kier molecular flexibility index (Phi) is 4.48. The molecule has 0 radical (unpaired) electrons. The van der Waals surface area contributed by atoms with Crippen molar-refractivity contribution in [1.82, 2.24) is 0 Å². The largest absolute Gasteiger partial charge is 0.456 e. The molecule has 2 aromatic rings. The van der Waals surface area contributed by atoms with Crippen molar-refractivity contribution < 1.29 is 9.52 Å². The number of aliphatic hydroxyl groups excluding tert-OH is 1. The van der Waals surface area contributed by atoms with Gasteiger partial charge >= 0.3 is 0 Å². The van der Waals surface area contributed by atoms with Crippen molar-refractivity contribution in [2.75, 3.05) is 11.9 Å². The Bertz CT molecular complexity index is 557. The van der Waals surface area contributed by atoms with Crippen LogP contribution >= 0.6 is 0 Å². The molecule has 0 fully saturated rings. The van der Waals surface area contributed by atoms with Crippen LogP contribution in [0.2, 0.25) is 0 Å². The van der Waals surface area contributed by atoms with Crippen LogP contribution in [0.3, 0.4) is 0 Å². The summed E-state index contributed by atoms with van der Waals surface area (Å²) in [5, 5.41) is 14.0. The highest BCUT2D eigenvalue weighted by Crippen LogP contribution is 2.35. The maximum atomic E-state index is 9.50. The van der Waals surface area contributed by atoms with Crippen LogP contribution in [-0.4, -0.2) is 11.7 Å². The normalized spacial score (nSPS) is 11.2. The van der Waals surface area contributed by atoms with Crippen LogP contribution in [0, 0.1) is 6.92 Å². The van der Waals surface area contributed by atoms with Crippen LogP contribution in [0.15, 0.2) is 16.5 Å². The summed E-state index contributed by atoms with van der Waals surface area (Å²) in [6, 6.07) is 4.24. The lowest BCUT2D eigenvalue weighted by molar-refractivity contribution is 0.252. The summed E-state index contributed by atoms with van der Waals surface area (Å²) in [6.07, 6.45) is 3.20. The molecule has 0 spiro atoms. The van der Waals surface area contributed by atoms with E-state index in [1.807, 2.05) is 0 Å². The molecule has 1 aromatic heterocycles. The van der Waals surface area contributed by atoms with Gasteiger partial charge in [-0.05, 0) is 30.9 Å². The van der Waals surface area contributed by atoms with E-state index in [0.29, 0.717) is 5.76 Å². The highest BCUT2D eigenvalue weighted by Gasteiger charge is 2.17. The molecular weight excluding hydrogens is 238 g/mol. The second-order valence-electron chi connectivity index (χ2n) is 4.94. The fourth-order valence-corrected chi connectivity index (χ4v) is 2.43. The highest BCUT2D eigenvalue weighted by atomic mass is 16.4. The summed E-state index contributed by atoms with van der Waals surface area (Å²) in [7, 11) is 0. The standard InChI is InChI=1S/C16H23NO2/c1-4-6-9-17-15-13(10-18)19-16-12(5-2)8-7-11(3)14(15)16/h7-8,17-18H,4-6,9-10H2,1-3H3. The smallest absolute Gasteiger partial charge is 0.153 e. The van der Waals surface area contributed by atoms with Gasteiger partial charge in [0.25, 0.3) is 0 Å². The van der Waals surface area contributed by atoms with Gasteiger partial charge in [-0.15, -0.1) is 0 Å². The molecule has 0 amide bonds. The molecule has 3 nitrogen and oxygen atoms in total. The molecule has 0 aliphatic heterocycles. The number of fused-ring (bicyclic) bond motifs is 1. The molecule has 0 bridgehead atoms. The van der Waals surface area contributed by atoms with Gasteiger partial charge in [0.1, 0.15) is 12.2 Å². The van der Waals surface area contributed by atoms with Crippen molar-refractivity contribution in [1.29, 1.82) is 0 Å². The van der Waals surface area contributed by atoms with E-state index in [9.17, 15) is 5.11 Å². The van der Waals surface area contributed by atoms with Crippen LogP contribution in [0.1, 0.15) is 43.6 Å². The maximum absolute atomic E-state index is 9.50. The van der Waals surface area contributed by atoms with Crippen molar-refractivity contribution >= 4 is 16.7 Å². The second-order valence-corrected chi connectivity index (χ2v) is 4.94. The Morgan fingerprint density at radius 2 is 2.05 bits per heavy atom. The molecule has 3 heteroatoms. The van der Waals surface area contributed by atoms with Crippen molar-refractivity contribution in [3.8, 4) is 0 Å². The molecule has 0 unspecified atom stereocenters. The van der Waals surface area contributed by atoms with Gasteiger partial charge in [0.05, 0.1) is 5.69 Å². The van der Waals surface area contributed by atoms with Gasteiger partial charge in [0.2, 0.25) is 0 Å². The van der Waals surface area contributed by atoms with Gasteiger partial charge < -0.3 is 14.8 Å². The van der Waals surface area contributed by atoms with Crippen molar-refractivity contribution in [2.24, 2.45) is 0 Å². The minimum absolute atomic E-state index is 0.0638. The molecule has 0 aliphatic rings. The summed E-state index contributed by atoms with van der Waals surface area (Å²) in [5.74, 6) is 0.648. The van der Waals surface area contributed by atoms with Crippen LogP contribution in [0.4, 0.5) is 5.69 Å². The van der Waals surface area contributed by atoms with Crippen molar-refractivity contribution in [2.45, 2.75) is 46.6 Å². The van der Waals surface area contributed by atoms with E-state index in [1.165, 1.54) is 11.1 Å². The second kappa shape index (κ2) is 6.11. The monoisotopic (exact) mass is 261 g/mol. The average molecular weight is 261 g/mol. The Hall–Kier alpha value is -1.48. The molecule has 0 aliphatic carbocycles. The summed E-state index contributed by atoms with van der Waals surface area (Å²) in [5.41, 5.74) is 4.28. The number of unbranched alkanes of at least 4 members (excludes halogenated alkanes) is 1. The van der Waals surface area contributed by atoms with E-state index < -0.39 is 0 Å². The number of aliphatic hydroxyl groups is 1. The van der Waals surface area contributed by atoms with Crippen LogP contribution < -0.4 is 5.32 Å². The number of hydrogen-bond donors (Lipinski definition) is 2. The quantitative estimate of drug-likeness (QED) is 0.772. The maximum Gasteiger partial charge on any atom is 0.153 e. The molecule has 19 heavy (non-hydrogen) atoms. The van der Waals surface area contributed by atoms with E-state index in [-0.39, 0.29) is 6.61 Å². The van der Waals surface area contributed by atoms with Gasteiger partial charge in [-0.3, -0.25) is 0 Å². The van der Waals surface area contributed by atoms with E-state index >= 15 is 0 Å². The molecule has 1 heterocycles. The number of nitrogens with one attached hydrogen (secondary N) is 1. The van der Waals surface area contributed by atoms with Crippen LogP contribution in [0.5, 0.6) is 0 Å². The number of benzene rings is 1. The van der Waals surface area contributed by atoms with E-state index in [1.54, 1.807) is 0 Å². The Morgan fingerprint density at radius 3 is 2.68 bits per heavy atom. The molecule has 2 N–H and O–H groups in total. The Balaban J connectivity index is 2.52. The van der Waals surface area contributed by atoms with Gasteiger partial charge in [0, 0.05) is 11.9 Å². The predicted molar refractivity (Wildman–Crippen MR) is 79.6 cm³/mol. The lowest BCUT2D eigenvalue weighted by atomic mass is 10.0. The first-order valence-electron chi connectivity index (χ1n) is 7.11. The Labute approximate surface area is 114 Å². The summed E-state index contributed by atoms with van der Waals surface area (Å²) in [6.45, 7) is 7.22. The van der Waals surface area contributed by atoms with Crippen LogP contribution in [0.25, 0.3) is 11.0 Å². The van der Waals surface area contributed by atoms with Gasteiger partial charge in [-0.25, -0.2) is 0 Å². The summed E-state index contributed by atoms with van der Waals surface area (Å²) >= 11 is 0. The summed E-state index contributed by atoms with van der Waals surface area (Å²) in [4.78, 5) is 0. The zero-order chi connectivity index (χ0) is 13.8. The first-order chi connectivity index (χ1) is 9.22. The Morgan fingerprint density at radius 1 is 1.26 bits per heavy atom. The van der Waals surface area contributed by atoms with Crippen LogP contribution in [-0.2, 0) is 13.0 Å². The molecule has 2 rings (SSSR count). The number of rotatable bonds is 6. The fraction of sp³-hybridized carbons (Fsp3) is 0.500. The first-order valence-corrected chi connectivity index (χ1v) is 7.11. The van der Waals surface area contributed by atoms with Gasteiger partial charge in [0.15, 0.2) is 5.76 Å². The SMILES string of the molecule is CCCCNc1c(CO)oc2c(CC)ccc(C)c12. The minimum Gasteiger partial charge on any atom is -0.456 e. The first kappa shape index (κ1) is 13.9. The molecule has 0 saturated carbocycles. The molecular formula is C16H23NO2. The number of hydrogen-bond acceptors (Lipinski definition) is 3. The third-order valence-corrected chi connectivity index (χ3v) is 3.56. The predicted octanol–water partition coefficient (Wildman–Crippen LogP) is 4.01. The van der Waals surface area contributed by atoms with Gasteiger partial charge in [-0.1, -0.05) is 32.4 Å². The topological polar surface area (TPSA) is 45.4 Å². The zero-order valence-electron chi connectivity index (χ0n) is 12.0. The minimum atomic E-state index is -0.0638. The van der Waals surface area contributed by atoms with Crippen molar-refractivity contribution in [3.05, 3.63) is 29.0 Å².